The molecule has 0 radical (unpaired) electrons. The van der Waals surface area contributed by atoms with Gasteiger partial charge in [-0.3, -0.25) is 4.79 Å². The summed E-state index contributed by atoms with van der Waals surface area (Å²) in [6.07, 6.45) is 3.32. The zero-order chi connectivity index (χ0) is 25.1. The maximum atomic E-state index is 11.5. The van der Waals surface area contributed by atoms with Gasteiger partial charge in [0.05, 0.1) is 0 Å². The summed E-state index contributed by atoms with van der Waals surface area (Å²) in [4.78, 5) is 26.9. The van der Waals surface area contributed by atoms with Gasteiger partial charge in [-0.1, -0.05) is 41.9 Å². The van der Waals surface area contributed by atoms with Crippen molar-refractivity contribution in [1.29, 1.82) is 0 Å². The number of halogens is 1. The second-order valence-corrected chi connectivity index (χ2v) is 9.20. The lowest BCUT2D eigenvalue weighted by Gasteiger charge is -2.32. The van der Waals surface area contributed by atoms with Gasteiger partial charge < -0.3 is 20.3 Å². The number of piperidine rings is 1. The van der Waals surface area contributed by atoms with E-state index >= 15 is 0 Å². The highest BCUT2D eigenvalue weighted by Crippen LogP contribution is 2.33. The molecule has 3 aromatic carbocycles. The Labute approximate surface area is 214 Å². The molecule has 1 aliphatic heterocycles. The third-order valence-corrected chi connectivity index (χ3v) is 6.63. The summed E-state index contributed by atoms with van der Waals surface area (Å²) in [6.45, 7) is 4.97. The van der Waals surface area contributed by atoms with Crippen molar-refractivity contribution in [3.63, 3.8) is 0 Å². The zero-order valence-electron chi connectivity index (χ0n) is 20.2. The first kappa shape index (κ1) is 23.8. The van der Waals surface area contributed by atoms with Crippen molar-refractivity contribution < 1.29 is 9.53 Å². The molecule has 5 rings (SSSR count). The molecular weight excluding hydrogens is 476 g/mol. The Morgan fingerprint density at radius 3 is 2.53 bits per heavy atom. The fourth-order valence-electron chi connectivity index (χ4n) is 4.41. The zero-order valence-corrected chi connectivity index (χ0v) is 20.9. The molecule has 0 spiro atoms. The Morgan fingerprint density at radius 2 is 1.75 bits per heavy atom. The predicted octanol–water partition coefficient (Wildman–Crippen LogP) is 5.74. The van der Waals surface area contributed by atoms with Crippen molar-refractivity contribution in [2.45, 2.75) is 32.8 Å². The van der Waals surface area contributed by atoms with E-state index in [1.54, 1.807) is 0 Å². The molecule has 8 nitrogen and oxygen atoms in total. The number of benzene rings is 3. The molecule has 1 fully saturated rings. The molecule has 36 heavy (non-hydrogen) atoms. The molecule has 184 valence electrons. The fourth-order valence-corrected chi connectivity index (χ4v) is 4.64. The molecule has 0 aliphatic carbocycles. The maximum absolute atomic E-state index is 11.5. The lowest BCUT2D eigenvalue weighted by Crippen LogP contribution is -2.39. The molecule has 0 bridgehead atoms. The molecule has 0 atom stereocenters. The van der Waals surface area contributed by atoms with Crippen LogP contribution in [0.25, 0.3) is 10.8 Å². The second kappa shape index (κ2) is 10.4. The monoisotopic (exact) mass is 502 g/mol. The number of aromatic nitrogens is 3. The number of ether oxygens (including phenoxy) is 1. The van der Waals surface area contributed by atoms with E-state index in [9.17, 15) is 4.79 Å². The van der Waals surface area contributed by atoms with E-state index in [1.807, 2.05) is 61.5 Å². The number of hydrogen-bond acceptors (Lipinski definition) is 7. The number of nitrogens with zero attached hydrogens (tertiary/aromatic N) is 4. The number of carbonyl (C=O) groups is 1. The van der Waals surface area contributed by atoms with Crippen molar-refractivity contribution in [2.75, 3.05) is 28.6 Å². The van der Waals surface area contributed by atoms with E-state index in [4.69, 9.17) is 16.3 Å². The van der Waals surface area contributed by atoms with Crippen LogP contribution < -0.4 is 20.3 Å². The Morgan fingerprint density at radius 1 is 1.00 bits per heavy atom. The first-order chi connectivity index (χ1) is 17.5. The topological polar surface area (TPSA) is 92.3 Å². The molecule has 2 heterocycles. The minimum absolute atomic E-state index is 0.101. The highest BCUT2D eigenvalue weighted by molar-refractivity contribution is 6.35. The minimum atomic E-state index is -0.116. The molecule has 9 heteroatoms. The van der Waals surface area contributed by atoms with E-state index in [2.05, 4.69) is 30.5 Å². The molecule has 1 saturated heterocycles. The number of nitrogens with one attached hydrogen (secondary N) is 2. The Bertz CT molecular complexity index is 1400. The Hall–Kier alpha value is -3.91. The standard InChI is InChI=1S/C27H27ClN6O2/c1-17-23(31-18(2)35)8-5-9-24(17)32-26-29-16-30-27(33-26)34-14-12-19(13-15-34)36-25-11-10-22(28)20-6-3-4-7-21(20)25/h3-11,16,19H,12-15H2,1-2H3,(H,31,35)(H,29,30,32,33). The molecule has 0 saturated carbocycles. The number of rotatable bonds is 6. The van der Waals surface area contributed by atoms with Crippen LogP contribution >= 0.6 is 11.6 Å². The van der Waals surface area contributed by atoms with E-state index < -0.39 is 0 Å². The lowest BCUT2D eigenvalue weighted by atomic mass is 10.1. The number of amides is 1. The summed E-state index contributed by atoms with van der Waals surface area (Å²) in [5, 5.41) is 8.84. The normalized spacial score (nSPS) is 14.0. The van der Waals surface area contributed by atoms with Gasteiger partial charge in [0, 0.05) is 60.0 Å². The van der Waals surface area contributed by atoms with Crippen molar-refractivity contribution in [1.82, 2.24) is 15.0 Å². The van der Waals surface area contributed by atoms with Crippen LogP contribution in [0, 0.1) is 6.92 Å². The summed E-state index contributed by atoms with van der Waals surface area (Å²) < 4.78 is 6.38. The van der Waals surface area contributed by atoms with Crippen LogP contribution in [0.15, 0.2) is 60.9 Å². The molecule has 1 aliphatic rings. The van der Waals surface area contributed by atoms with Crippen LogP contribution in [0.1, 0.15) is 25.3 Å². The molecule has 4 aromatic rings. The van der Waals surface area contributed by atoms with Crippen LogP contribution in [0.5, 0.6) is 5.75 Å². The third kappa shape index (κ3) is 5.18. The van der Waals surface area contributed by atoms with Crippen molar-refractivity contribution >= 4 is 51.6 Å². The largest absolute Gasteiger partial charge is 0.490 e. The first-order valence-electron chi connectivity index (χ1n) is 11.9. The van der Waals surface area contributed by atoms with Gasteiger partial charge in [-0.15, -0.1) is 0 Å². The van der Waals surface area contributed by atoms with Crippen LogP contribution in [-0.4, -0.2) is 40.1 Å². The Kier molecular flexibility index (Phi) is 6.86. The van der Waals surface area contributed by atoms with Crippen LogP contribution in [-0.2, 0) is 4.79 Å². The molecular formula is C27H27ClN6O2. The average Bonchev–Trinajstić information content (AvgIpc) is 2.89. The van der Waals surface area contributed by atoms with Crippen LogP contribution in [0.2, 0.25) is 5.02 Å². The molecule has 1 aromatic heterocycles. The van der Waals surface area contributed by atoms with Crippen molar-refractivity contribution in [3.8, 4) is 5.75 Å². The molecule has 1 amide bonds. The summed E-state index contributed by atoms with van der Waals surface area (Å²) in [6, 6.07) is 17.5. The average molecular weight is 503 g/mol. The van der Waals surface area contributed by atoms with E-state index in [0.717, 1.165) is 64.4 Å². The van der Waals surface area contributed by atoms with Crippen molar-refractivity contribution in [3.05, 3.63) is 71.5 Å². The number of carbonyl (C=O) groups excluding carboxylic acids is 1. The fraction of sp³-hybridized carbons (Fsp3) is 0.259. The summed E-state index contributed by atoms with van der Waals surface area (Å²) in [5.74, 6) is 1.82. The van der Waals surface area contributed by atoms with Crippen LogP contribution in [0.4, 0.5) is 23.3 Å². The van der Waals surface area contributed by atoms with Gasteiger partial charge in [0.25, 0.3) is 0 Å². The van der Waals surface area contributed by atoms with Crippen molar-refractivity contribution in [2.24, 2.45) is 0 Å². The Balaban J connectivity index is 1.24. The van der Waals surface area contributed by atoms with Gasteiger partial charge in [-0.2, -0.15) is 4.98 Å². The summed E-state index contributed by atoms with van der Waals surface area (Å²) in [5.41, 5.74) is 2.47. The summed E-state index contributed by atoms with van der Waals surface area (Å²) >= 11 is 6.36. The lowest BCUT2D eigenvalue weighted by molar-refractivity contribution is -0.114. The van der Waals surface area contributed by atoms with Gasteiger partial charge in [-0.25, -0.2) is 9.97 Å². The van der Waals surface area contributed by atoms with E-state index in [0.29, 0.717) is 11.9 Å². The number of anilines is 4. The number of fused-ring (bicyclic) bond motifs is 1. The van der Waals surface area contributed by atoms with E-state index in [1.165, 1.54) is 13.3 Å². The minimum Gasteiger partial charge on any atom is -0.490 e. The van der Waals surface area contributed by atoms with Gasteiger partial charge in [-0.05, 0) is 36.8 Å². The molecule has 2 N–H and O–H groups in total. The number of hydrogen-bond donors (Lipinski definition) is 2. The highest BCUT2D eigenvalue weighted by Gasteiger charge is 2.23. The quantitative estimate of drug-likeness (QED) is 0.347. The van der Waals surface area contributed by atoms with Gasteiger partial charge in [0.1, 0.15) is 18.2 Å². The SMILES string of the molecule is CC(=O)Nc1cccc(Nc2ncnc(N3CCC(Oc4ccc(Cl)c5ccccc45)CC3)n2)c1C. The highest BCUT2D eigenvalue weighted by atomic mass is 35.5. The smallest absolute Gasteiger partial charge is 0.232 e. The van der Waals surface area contributed by atoms with Gasteiger partial charge in [0.2, 0.25) is 17.8 Å². The van der Waals surface area contributed by atoms with Gasteiger partial charge >= 0.3 is 0 Å². The second-order valence-electron chi connectivity index (χ2n) is 8.79. The van der Waals surface area contributed by atoms with Gasteiger partial charge in [0.15, 0.2) is 0 Å². The molecule has 0 unspecified atom stereocenters. The third-order valence-electron chi connectivity index (χ3n) is 6.30. The van der Waals surface area contributed by atoms with Crippen LogP contribution in [0.3, 0.4) is 0 Å². The predicted molar refractivity (Wildman–Crippen MR) is 143 cm³/mol. The summed E-state index contributed by atoms with van der Waals surface area (Å²) in [7, 11) is 0. The maximum Gasteiger partial charge on any atom is 0.232 e. The first-order valence-corrected chi connectivity index (χ1v) is 12.3. The van der Waals surface area contributed by atoms with E-state index in [-0.39, 0.29) is 12.0 Å².